The standard InChI is InChI=1S/C19H32N2O4S/c1-15(2)13-21(14-16(3)4)26(24,25)18-9-7-17(8-10-18)19(23)20-11-5-6-12-22/h7-10,15-16,22H,5-6,11-14H2,1-4H3,(H,20,23). The smallest absolute Gasteiger partial charge is 0.251 e. The van der Waals surface area contributed by atoms with E-state index in [1.807, 2.05) is 27.7 Å². The summed E-state index contributed by atoms with van der Waals surface area (Å²) in [4.78, 5) is 12.3. The molecule has 0 bridgehead atoms. The summed E-state index contributed by atoms with van der Waals surface area (Å²) in [7, 11) is -3.58. The zero-order valence-corrected chi connectivity index (χ0v) is 17.1. The van der Waals surface area contributed by atoms with Crippen molar-refractivity contribution >= 4 is 15.9 Å². The number of hydrogen-bond donors (Lipinski definition) is 2. The van der Waals surface area contributed by atoms with Gasteiger partial charge in [0.2, 0.25) is 10.0 Å². The minimum Gasteiger partial charge on any atom is -0.396 e. The third-order valence-electron chi connectivity index (χ3n) is 3.76. The lowest BCUT2D eigenvalue weighted by Crippen LogP contribution is -2.37. The third kappa shape index (κ3) is 7.05. The highest BCUT2D eigenvalue weighted by Gasteiger charge is 2.26. The molecule has 0 heterocycles. The van der Waals surface area contributed by atoms with E-state index in [1.165, 1.54) is 28.6 Å². The fraction of sp³-hybridized carbons (Fsp3) is 0.632. The van der Waals surface area contributed by atoms with Crippen LogP contribution in [0.15, 0.2) is 29.2 Å². The maximum Gasteiger partial charge on any atom is 0.251 e. The quantitative estimate of drug-likeness (QED) is 0.574. The number of aliphatic hydroxyl groups excluding tert-OH is 1. The van der Waals surface area contributed by atoms with Gasteiger partial charge in [0.15, 0.2) is 0 Å². The molecule has 0 radical (unpaired) electrons. The number of nitrogens with zero attached hydrogens (tertiary/aromatic N) is 1. The molecule has 0 unspecified atom stereocenters. The van der Waals surface area contributed by atoms with Gasteiger partial charge in [-0.2, -0.15) is 4.31 Å². The minimum absolute atomic E-state index is 0.103. The Labute approximate surface area is 157 Å². The summed E-state index contributed by atoms with van der Waals surface area (Å²) in [5.74, 6) is 0.216. The van der Waals surface area contributed by atoms with Crippen molar-refractivity contribution < 1.29 is 18.3 Å². The van der Waals surface area contributed by atoms with Crippen LogP contribution < -0.4 is 5.32 Å². The van der Waals surface area contributed by atoms with E-state index < -0.39 is 10.0 Å². The molecule has 0 aliphatic heterocycles. The Balaban J connectivity index is 2.88. The first-order valence-corrected chi connectivity index (χ1v) is 10.6. The van der Waals surface area contributed by atoms with Gasteiger partial charge in [0.1, 0.15) is 0 Å². The molecule has 0 spiro atoms. The van der Waals surface area contributed by atoms with E-state index in [0.717, 1.165) is 0 Å². The van der Waals surface area contributed by atoms with Crippen molar-refractivity contribution in [3.05, 3.63) is 29.8 Å². The molecule has 0 atom stereocenters. The van der Waals surface area contributed by atoms with E-state index in [-0.39, 0.29) is 29.2 Å². The molecule has 1 rings (SSSR count). The third-order valence-corrected chi connectivity index (χ3v) is 5.61. The number of unbranched alkanes of at least 4 members (excludes halogenated alkanes) is 1. The van der Waals surface area contributed by atoms with Crippen LogP contribution in [0.25, 0.3) is 0 Å². The number of rotatable bonds is 11. The van der Waals surface area contributed by atoms with Gasteiger partial charge in [-0.1, -0.05) is 27.7 Å². The highest BCUT2D eigenvalue weighted by Crippen LogP contribution is 2.19. The number of sulfonamides is 1. The fourth-order valence-electron chi connectivity index (χ4n) is 2.55. The van der Waals surface area contributed by atoms with Crippen LogP contribution in [0, 0.1) is 11.8 Å². The van der Waals surface area contributed by atoms with Crippen molar-refractivity contribution in [1.82, 2.24) is 9.62 Å². The molecule has 148 valence electrons. The number of carbonyl (C=O) groups is 1. The maximum atomic E-state index is 12.9. The lowest BCUT2D eigenvalue weighted by atomic mass is 10.2. The SMILES string of the molecule is CC(C)CN(CC(C)C)S(=O)(=O)c1ccc(C(=O)NCCCCO)cc1. The van der Waals surface area contributed by atoms with Crippen LogP contribution in [0.2, 0.25) is 0 Å². The highest BCUT2D eigenvalue weighted by atomic mass is 32.2. The molecular weight excluding hydrogens is 352 g/mol. The van der Waals surface area contributed by atoms with Gasteiger partial charge in [0, 0.05) is 31.8 Å². The van der Waals surface area contributed by atoms with Crippen LogP contribution in [0.4, 0.5) is 0 Å². The summed E-state index contributed by atoms with van der Waals surface area (Å²) in [6.07, 6.45) is 1.34. The number of aliphatic hydroxyl groups is 1. The van der Waals surface area contributed by atoms with E-state index in [9.17, 15) is 13.2 Å². The average molecular weight is 385 g/mol. The van der Waals surface area contributed by atoms with Gasteiger partial charge in [-0.05, 0) is 48.9 Å². The van der Waals surface area contributed by atoms with Gasteiger partial charge < -0.3 is 10.4 Å². The Morgan fingerprint density at radius 3 is 2.04 bits per heavy atom. The summed E-state index contributed by atoms with van der Waals surface area (Å²) in [6, 6.07) is 6.06. The Hall–Kier alpha value is -1.44. The van der Waals surface area contributed by atoms with Crippen molar-refractivity contribution in [2.45, 2.75) is 45.4 Å². The zero-order chi connectivity index (χ0) is 19.7. The lowest BCUT2D eigenvalue weighted by Gasteiger charge is -2.25. The molecule has 0 aliphatic rings. The van der Waals surface area contributed by atoms with Crippen molar-refractivity contribution in [3.8, 4) is 0 Å². The van der Waals surface area contributed by atoms with Gasteiger partial charge >= 0.3 is 0 Å². The molecule has 0 aromatic heterocycles. The van der Waals surface area contributed by atoms with E-state index >= 15 is 0 Å². The highest BCUT2D eigenvalue weighted by molar-refractivity contribution is 7.89. The second-order valence-corrected chi connectivity index (χ2v) is 9.26. The minimum atomic E-state index is -3.58. The number of carbonyl (C=O) groups excluding carboxylic acids is 1. The second-order valence-electron chi connectivity index (χ2n) is 7.32. The first kappa shape index (κ1) is 22.6. The van der Waals surface area contributed by atoms with E-state index in [0.29, 0.717) is 38.0 Å². The summed E-state index contributed by atoms with van der Waals surface area (Å²) in [5.41, 5.74) is 0.423. The summed E-state index contributed by atoms with van der Waals surface area (Å²) < 4.78 is 27.4. The Morgan fingerprint density at radius 1 is 1.04 bits per heavy atom. The van der Waals surface area contributed by atoms with Gasteiger partial charge in [-0.15, -0.1) is 0 Å². The maximum absolute atomic E-state index is 12.9. The summed E-state index contributed by atoms with van der Waals surface area (Å²) in [5, 5.41) is 11.5. The van der Waals surface area contributed by atoms with Crippen molar-refractivity contribution in [2.24, 2.45) is 11.8 Å². The van der Waals surface area contributed by atoms with Crippen LogP contribution in [0.3, 0.4) is 0 Å². The van der Waals surface area contributed by atoms with Crippen molar-refractivity contribution in [3.63, 3.8) is 0 Å². The molecule has 7 heteroatoms. The molecule has 0 saturated heterocycles. The normalized spacial score (nSPS) is 12.2. The van der Waals surface area contributed by atoms with Crippen molar-refractivity contribution in [1.29, 1.82) is 0 Å². The number of amides is 1. The Morgan fingerprint density at radius 2 is 1.58 bits per heavy atom. The largest absolute Gasteiger partial charge is 0.396 e. The van der Waals surface area contributed by atoms with Crippen molar-refractivity contribution in [2.75, 3.05) is 26.2 Å². The van der Waals surface area contributed by atoms with Crippen LogP contribution in [0.5, 0.6) is 0 Å². The summed E-state index contributed by atoms with van der Waals surface area (Å²) in [6.45, 7) is 9.49. The summed E-state index contributed by atoms with van der Waals surface area (Å²) >= 11 is 0. The molecule has 2 N–H and O–H groups in total. The molecule has 26 heavy (non-hydrogen) atoms. The van der Waals surface area contributed by atoms with Crippen LogP contribution in [-0.4, -0.2) is 50.0 Å². The van der Waals surface area contributed by atoms with Crippen LogP contribution in [0.1, 0.15) is 50.9 Å². The van der Waals surface area contributed by atoms with E-state index in [1.54, 1.807) is 0 Å². The van der Waals surface area contributed by atoms with Gasteiger partial charge in [0.25, 0.3) is 5.91 Å². The zero-order valence-electron chi connectivity index (χ0n) is 16.2. The molecule has 1 amide bonds. The Bertz CT molecular complexity index is 645. The predicted molar refractivity (Wildman–Crippen MR) is 104 cm³/mol. The van der Waals surface area contributed by atoms with E-state index in [2.05, 4.69) is 5.32 Å². The first-order chi connectivity index (χ1) is 12.2. The predicted octanol–water partition coefficient (Wildman–Crippen LogP) is 2.49. The molecule has 0 fully saturated rings. The monoisotopic (exact) mass is 384 g/mol. The topological polar surface area (TPSA) is 86.7 Å². The van der Waals surface area contributed by atoms with E-state index in [4.69, 9.17) is 5.11 Å². The number of benzene rings is 1. The molecule has 1 aromatic rings. The average Bonchev–Trinajstić information content (AvgIpc) is 2.57. The first-order valence-electron chi connectivity index (χ1n) is 9.17. The number of hydrogen-bond acceptors (Lipinski definition) is 4. The molecular formula is C19H32N2O4S. The number of nitrogens with one attached hydrogen (secondary N) is 1. The van der Waals surface area contributed by atoms with Gasteiger partial charge in [-0.3, -0.25) is 4.79 Å². The second kappa shape index (κ2) is 10.6. The van der Waals surface area contributed by atoms with Crippen LogP contribution >= 0.6 is 0 Å². The fourth-order valence-corrected chi connectivity index (χ4v) is 4.32. The van der Waals surface area contributed by atoms with Crippen LogP contribution in [-0.2, 0) is 10.0 Å². The Kier molecular flexibility index (Phi) is 9.25. The molecule has 0 aliphatic carbocycles. The van der Waals surface area contributed by atoms with Gasteiger partial charge in [-0.25, -0.2) is 8.42 Å². The molecule has 0 saturated carbocycles. The molecule has 1 aromatic carbocycles. The van der Waals surface area contributed by atoms with Gasteiger partial charge in [0.05, 0.1) is 4.90 Å². The lowest BCUT2D eigenvalue weighted by molar-refractivity contribution is 0.0952. The molecule has 6 nitrogen and oxygen atoms in total.